The summed E-state index contributed by atoms with van der Waals surface area (Å²) in [6.45, 7) is 8.38. The van der Waals surface area contributed by atoms with E-state index in [1.165, 1.54) is 20.2 Å². The van der Waals surface area contributed by atoms with E-state index in [-0.39, 0.29) is 0 Å². The van der Waals surface area contributed by atoms with Crippen LogP contribution in [0, 0.1) is 0 Å². The first-order valence-electron chi connectivity index (χ1n) is 15.5. The quantitative estimate of drug-likeness (QED) is 0.180. The van der Waals surface area contributed by atoms with Gasteiger partial charge in [-0.25, -0.2) is 15.0 Å². The SMILES string of the molecule is CC1(C)OB(c2cc(-c3cccc(-c4nc(-c5ccccc5)nc(-c5ccccc5)n4)c3)c3sc4ccccc4c3c2)OC1(C)C. The molecule has 0 atom stereocenters. The average Bonchev–Trinajstić information content (AvgIpc) is 3.57. The second-order valence-electron chi connectivity index (χ2n) is 12.8. The minimum absolute atomic E-state index is 0.435. The lowest BCUT2D eigenvalue weighted by atomic mass is 9.77. The molecule has 7 heteroatoms. The molecule has 1 saturated heterocycles. The molecule has 0 radical (unpaired) electrons. The zero-order valence-corrected chi connectivity index (χ0v) is 27.0. The lowest BCUT2D eigenvalue weighted by molar-refractivity contribution is 0.00578. The molecule has 224 valence electrons. The predicted molar refractivity (Wildman–Crippen MR) is 190 cm³/mol. The molecule has 1 aliphatic heterocycles. The highest BCUT2D eigenvalue weighted by molar-refractivity contribution is 7.26. The minimum Gasteiger partial charge on any atom is -0.399 e. The first kappa shape index (κ1) is 28.8. The Balaban J connectivity index is 1.30. The molecule has 0 amide bonds. The van der Waals surface area contributed by atoms with E-state index in [2.05, 4.69) is 88.4 Å². The van der Waals surface area contributed by atoms with Gasteiger partial charge in [0.05, 0.1) is 11.2 Å². The zero-order chi connectivity index (χ0) is 31.5. The molecule has 1 aliphatic rings. The number of fused-ring (bicyclic) bond motifs is 3. The normalized spacial score (nSPS) is 15.5. The molecule has 1 fully saturated rings. The van der Waals surface area contributed by atoms with Crippen LogP contribution in [0.4, 0.5) is 0 Å². The fourth-order valence-electron chi connectivity index (χ4n) is 5.94. The summed E-state index contributed by atoms with van der Waals surface area (Å²) in [5.74, 6) is 1.92. The second-order valence-corrected chi connectivity index (χ2v) is 13.8. The van der Waals surface area contributed by atoms with E-state index in [9.17, 15) is 0 Å². The van der Waals surface area contributed by atoms with Crippen LogP contribution in [0.15, 0.2) is 121 Å². The molecule has 0 aliphatic carbocycles. The van der Waals surface area contributed by atoms with Crippen molar-refractivity contribution in [3.63, 3.8) is 0 Å². The summed E-state index contributed by atoms with van der Waals surface area (Å²) in [7, 11) is -0.472. The van der Waals surface area contributed by atoms with Crippen molar-refractivity contribution in [2.45, 2.75) is 38.9 Å². The van der Waals surface area contributed by atoms with Crippen LogP contribution in [0.3, 0.4) is 0 Å². The largest absolute Gasteiger partial charge is 0.494 e. The average molecular weight is 618 g/mol. The summed E-state index contributed by atoms with van der Waals surface area (Å²) < 4.78 is 15.5. The van der Waals surface area contributed by atoms with E-state index >= 15 is 0 Å². The number of rotatable bonds is 5. The highest BCUT2D eigenvalue weighted by atomic mass is 32.1. The van der Waals surface area contributed by atoms with Gasteiger partial charge in [-0.1, -0.05) is 109 Å². The van der Waals surface area contributed by atoms with Crippen LogP contribution in [0.2, 0.25) is 0 Å². The lowest BCUT2D eigenvalue weighted by Gasteiger charge is -2.32. The fraction of sp³-hybridized carbons (Fsp3) is 0.154. The molecule has 0 bridgehead atoms. The number of aromatic nitrogens is 3. The Morgan fingerprint density at radius 3 is 1.67 bits per heavy atom. The number of thiophene rings is 1. The molecular formula is C39H32BN3O2S. The summed E-state index contributed by atoms with van der Waals surface area (Å²) in [6.07, 6.45) is 0. The third-order valence-corrected chi connectivity index (χ3v) is 10.4. The van der Waals surface area contributed by atoms with Crippen LogP contribution < -0.4 is 5.46 Å². The van der Waals surface area contributed by atoms with Gasteiger partial charge in [0.15, 0.2) is 17.5 Å². The van der Waals surface area contributed by atoms with E-state index in [1.54, 1.807) is 0 Å². The molecule has 0 saturated carbocycles. The van der Waals surface area contributed by atoms with Crippen LogP contribution in [0.1, 0.15) is 27.7 Å². The van der Waals surface area contributed by atoms with Gasteiger partial charge in [0.2, 0.25) is 0 Å². The first-order chi connectivity index (χ1) is 22.3. The van der Waals surface area contributed by atoms with Crippen molar-refractivity contribution in [1.82, 2.24) is 15.0 Å². The molecule has 5 nitrogen and oxygen atoms in total. The molecule has 7 aromatic rings. The van der Waals surface area contributed by atoms with Crippen molar-refractivity contribution in [3.8, 4) is 45.3 Å². The van der Waals surface area contributed by atoms with Crippen molar-refractivity contribution in [1.29, 1.82) is 0 Å². The predicted octanol–water partition coefficient (Wildman–Crippen LogP) is 9.21. The standard InChI is InChI=1S/C39H32BN3O2S/c1-38(2)39(3,4)45-40(44-38)29-23-31(34-32(24-29)30-20-11-12-21-33(30)46-34)27-18-13-19-28(22-27)37-42-35(25-14-7-5-8-15-25)41-36(43-37)26-16-9-6-10-17-26/h5-24H,1-4H3. The maximum atomic E-state index is 6.54. The molecule has 46 heavy (non-hydrogen) atoms. The number of nitrogens with zero attached hydrogens (tertiary/aromatic N) is 3. The van der Waals surface area contributed by atoms with Gasteiger partial charge in [0.25, 0.3) is 0 Å². The fourth-order valence-corrected chi connectivity index (χ4v) is 7.16. The van der Waals surface area contributed by atoms with Gasteiger partial charge < -0.3 is 9.31 Å². The lowest BCUT2D eigenvalue weighted by Crippen LogP contribution is -2.41. The zero-order valence-electron chi connectivity index (χ0n) is 26.2. The Kier molecular flexibility index (Phi) is 6.87. The molecule has 0 N–H and O–H groups in total. The Bertz CT molecular complexity index is 2160. The number of hydrogen-bond acceptors (Lipinski definition) is 6. The van der Waals surface area contributed by atoms with Crippen LogP contribution in [-0.2, 0) is 9.31 Å². The van der Waals surface area contributed by atoms with Crippen LogP contribution in [0.25, 0.3) is 65.5 Å². The number of hydrogen-bond donors (Lipinski definition) is 0. The second kappa shape index (κ2) is 11.0. The Morgan fingerprint density at radius 1 is 0.522 bits per heavy atom. The Labute approximate surface area is 273 Å². The first-order valence-corrected chi connectivity index (χ1v) is 16.4. The van der Waals surface area contributed by atoms with Gasteiger partial charge in [-0.05, 0) is 56.4 Å². The van der Waals surface area contributed by atoms with E-state index in [4.69, 9.17) is 24.3 Å². The van der Waals surface area contributed by atoms with E-state index in [0.29, 0.717) is 17.5 Å². The maximum absolute atomic E-state index is 6.54. The van der Waals surface area contributed by atoms with Crippen molar-refractivity contribution in [3.05, 3.63) is 121 Å². The number of benzene rings is 5. The molecular weight excluding hydrogens is 585 g/mol. The van der Waals surface area contributed by atoms with Crippen LogP contribution in [-0.4, -0.2) is 33.3 Å². The van der Waals surface area contributed by atoms with Crippen molar-refractivity contribution in [2.75, 3.05) is 0 Å². The van der Waals surface area contributed by atoms with Crippen LogP contribution >= 0.6 is 11.3 Å². The summed E-state index contributed by atoms with van der Waals surface area (Å²) >= 11 is 1.81. The third-order valence-electron chi connectivity index (χ3n) is 9.16. The summed E-state index contributed by atoms with van der Waals surface area (Å²) in [5, 5.41) is 2.43. The smallest absolute Gasteiger partial charge is 0.399 e. The van der Waals surface area contributed by atoms with Gasteiger partial charge in [-0.15, -0.1) is 11.3 Å². The highest BCUT2D eigenvalue weighted by Crippen LogP contribution is 2.42. The third kappa shape index (κ3) is 5.01. The Hall–Kier alpha value is -4.69. The monoisotopic (exact) mass is 617 g/mol. The molecule has 2 aromatic heterocycles. The van der Waals surface area contributed by atoms with Crippen molar-refractivity contribution >= 4 is 44.1 Å². The van der Waals surface area contributed by atoms with Gasteiger partial charge in [0.1, 0.15) is 0 Å². The Morgan fingerprint density at radius 2 is 1.04 bits per heavy atom. The van der Waals surface area contributed by atoms with Crippen LogP contribution in [0.5, 0.6) is 0 Å². The van der Waals surface area contributed by atoms with E-state index in [1.807, 2.05) is 72.0 Å². The van der Waals surface area contributed by atoms with E-state index in [0.717, 1.165) is 33.3 Å². The van der Waals surface area contributed by atoms with Gasteiger partial charge in [0, 0.05) is 36.9 Å². The molecule has 5 aromatic carbocycles. The van der Waals surface area contributed by atoms with Gasteiger partial charge in [-0.2, -0.15) is 0 Å². The van der Waals surface area contributed by atoms with E-state index < -0.39 is 18.3 Å². The summed E-state index contributed by atoms with van der Waals surface area (Å²) in [5.41, 5.74) is 5.16. The molecule has 0 spiro atoms. The van der Waals surface area contributed by atoms with Crippen molar-refractivity contribution in [2.24, 2.45) is 0 Å². The summed E-state index contributed by atoms with van der Waals surface area (Å²) in [4.78, 5) is 14.8. The minimum atomic E-state index is -0.472. The highest BCUT2D eigenvalue weighted by Gasteiger charge is 2.51. The van der Waals surface area contributed by atoms with Gasteiger partial charge >= 0.3 is 7.12 Å². The summed E-state index contributed by atoms with van der Waals surface area (Å²) in [6, 6.07) is 41.7. The maximum Gasteiger partial charge on any atom is 0.494 e. The topological polar surface area (TPSA) is 57.1 Å². The molecule has 0 unspecified atom stereocenters. The van der Waals surface area contributed by atoms with Crippen molar-refractivity contribution < 1.29 is 9.31 Å². The molecule has 3 heterocycles. The molecule has 8 rings (SSSR count). The van der Waals surface area contributed by atoms with Gasteiger partial charge in [-0.3, -0.25) is 0 Å².